The molecule has 10 heteroatoms. The van der Waals surface area contributed by atoms with Crippen LogP contribution in [-0.4, -0.2) is 58.0 Å². The van der Waals surface area contributed by atoms with Crippen molar-refractivity contribution in [3.8, 4) is 0 Å². The van der Waals surface area contributed by atoms with Crippen LogP contribution < -0.4 is 9.62 Å². The second kappa shape index (κ2) is 10.6. The summed E-state index contributed by atoms with van der Waals surface area (Å²) in [5.41, 5.74) is 1.26. The van der Waals surface area contributed by atoms with E-state index in [1.54, 1.807) is 4.90 Å². The lowest BCUT2D eigenvalue weighted by atomic mass is 10.2. The fourth-order valence-corrected chi connectivity index (χ4v) is 4.78. The smallest absolute Gasteiger partial charge is 0.338 e. The Hall–Kier alpha value is -3.92. The first-order chi connectivity index (χ1) is 16.8. The van der Waals surface area contributed by atoms with Crippen molar-refractivity contribution in [1.82, 2.24) is 4.90 Å². The fourth-order valence-electron chi connectivity index (χ4n) is 3.68. The van der Waals surface area contributed by atoms with E-state index in [2.05, 4.69) is 9.62 Å². The highest BCUT2D eigenvalue weighted by atomic mass is 32.2. The molecular formula is C25H24FN3O5S. The monoisotopic (exact) mass is 497 g/mol. The summed E-state index contributed by atoms with van der Waals surface area (Å²) in [6, 6.07) is 20.0. The molecule has 0 saturated carbocycles. The van der Waals surface area contributed by atoms with Crippen LogP contribution in [0.4, 0.5) is 15.8 Å². The average molecular weight is 498 g/mol. The lowest BCUT2D eigenvalue weighted by Gasteiger charge is -2.36. The molecule has 1 fully saturated rings. The molecule has 8 nitrogen and oxygen atoms in total. The molecule has 0 aliphatic carbocycles. The number of ether oxygens (including phenoxy) is 1. The van der Waals surface area contributed by atoms with Crippen molar-refractivity contribution < 1.29 is 27.1 Å². The van der Waals surface area contributed by atoms with E-state index in [-0.39, 0.29) is 22.1 Å². The first kappa shape index (κ1) is 24.2. The summed E-state index contributed by atoms with van der Waals surface area (Å²) in [5.74, 6) is -1.61. The molecule has 0 unspecified atom stereocenters. The Kier molecular flexibility index (Phi) is 7.31. The maximum Gasteiger partial charge on any atom is 0.338 e. The van der Waals surface area contributed by atoms with E-state index in [4.69, 9.17) is 4.74 Å². The molecule has 35 heavy (non-hydrogen) atoms. The zero-order chi connectivity index (χ0) is 24.8. The van der Waals surface area contributed by atoms with Gasteiger partial charge in [0.1, 0.15) is 5.82 Å². The summed E-state index contributed by atoms with van der Waals surface area (Å²) >= 11 is 0. The minimum atomic E-state index is -4.02. The zero-order valence-electron chi connectivity index (χ0n) is 18.8. The quantitative estimate of drug-likeness (QED) is 0.504. The van der Waals surface area contributed by atoms with Crippen molar-refractivity contribution in [2.75, 3.05) is 42.4 Å². The van der Waals surface area contributed by atoms with Gasteiger partial charge < -0.3 is 14.5 Å². The van der Waals surface area contributed by atoms with Crippen LogP contribution in [0.5, 0.6) is 0 Å². The van der Waals surface area contributed by atoms with Crippen molar-refractivity contribution in [2.24, 2.45) is 0 Å². The number of piperazine rings is 1. The van der Waals surface area contributed by atoms with Gasteiger partial charge in [-0.05, 0) is 54.6 Å². The van der Waals surface area contributed by atoms with Crippen molar-refractivity contribution in [3.05, 3.63) is 90.2 Å². The van der Waals surface area contributed by atoms with Gasteiger partial charge in [0.05, 0.1) is 10.5 Å². The highest BCUT2D eigenvalue weighted by Crippen LogP contribution is 2.19. The summed E-state index contributed by atoms with van der Waals surface area (Å²) in [7, 11) is -4.02. The Bertz CT molecular complexity index is 1290. The van der Waals surface area contributed by atoms with Gasteiger partial charge in [-0.25, -0.2) is 17.6 Å². The predicted octanol–water partition coefficient (Wildman–Crippen LogP) is 3.13. The molecule has 1 aliphatic rings. The molecule has 0 radical (unpaired) electrons. The molecule has 3 aromatic carbocycles. The van der Waals surface area contributed by atoms with Crippen molar-refractivity contribution in [3.63, 3.8) is 0 Å². The van der Waals surface area contributed by atoms with Crippen molar-refractivity contribution in [2.45, 2.75) is 4.90 Å². The van der Waals surface area contributed by atoms with E-state index in [9.17, 15) is 22.4 Å². The first-order valence-corrected chi connectivity index (χ1v) is 12.4. The number of hydrogen-bond donors (Lipinski definition) is 1. The number of para-hydroxylation sites is 1. The number of anilines is 2. The number of carbonyl (C=O) groups excluding carboxylic acids is 2. The van der Waals surface area contributed by atoms with Gasteiger partial charge in [0, 0.05) is 37.6 Å². The summed E-state index contributed by atoms with van der Waals surface area (Å²) < 4.78 is 45.8. The first-order valence-electron chi connectivity index (χ1n) is 11.0. The SMILES string of the molecule is O=C(OCC(=O)N1CCN(c2ccccc2)CC1)c1cccc(S(=O)(=O)Nc2ccc(F)cc2)c1. The van der Waals surface area contributed by atoms with Gasteiger partial charge in [0.25, 0.3) is 15.9 Å². The highest BCUT2D eigenvalue weighted by molar-refractivity contribution is 7.92. The van der Waals surface area contributed by atoms with Gasteiger partial charge in [-0.1, -0.05) is 24.3 Å². The van der Waals surface area contributed by atoms with Crippen molar-refractivity contribution >= 4 is 33.3 Å². The van der Waals surface area contributed by atoms with Crippen LogP contribution in [0.15, 0.2) is 83.8 Å². The van der Waals surface area contributed by atoms with Crippen LogP contribution in [0.2, 0.25) is 0 Å². The van der Waals surface area contributed by atoms with Gasteiger partial charge in [-0.2, -0.15) is 0 Å². The van der Waals surface area contributed by atoms with Crippen LogP contribution in [0.25, 0.3) is 0 Å². The molecule has 1 aliphatic heterocycles. The van der Waals surface area contributed by atoms with Crippen molar-refractivity contribution in [1.29, 1.82) is 0 Å². The van der Waals surface area contributed by atoms with Crippen LogP contribution in [0.3, 0.4) is 0 Å². The second-order valence-corrected chi connectivity index (χ2v) is 9.60. The van der Waals surface area contributed by atoms with Crippen LogP contribution in [0.1, 0.15) is 10.4 Å². The third-order valence-electron chi connectivity index (χ3n) is 5.56. The average Bonchev–Trinajstić information content (AvgIpc) is 2.89. The number of rotatable bonds is 7. The number of benzene rings is 3. The molecule has 1 heterocycles. The molecule has 0 bridgehead atoms. The van der Waals surface area contributed by atoms with E-state index in [0.29, 0.717) is 26.2 Å². The third-order valence-corrected chi connectivity index (χ3v) is 6.94. The minimum absolute atomic E-state index is 0.00585. The van der Waals surface area contributed by atoms with E-state index in [1.807, 2.05) is 30.3 Å². The normalized spacial score (nSPS) is 13.9. The Morgan fingerprint density at radius 3 is 2.26 bits per heavy atom. The number of amides is 1. The number of hydrogen-bond acceptors (Lipinski definition) is 6. The largest absolute Gasteiger partial charge is 0.452 e. The molecule has 0 atom stereocenters. The maximum atomic E-state index is 13.1. The lowest BCUT2D eigenvalue weighted by Crippen LogP contribution is -2.49. The van der Waals surface area contributed by atoms with Crippen LogP contribution in [-0.2, 0) is 19.6 Å². The number of sulfonamides is 1. The standard InChI is InChI=1S/C25H24FN3O5S/c26-20-9-11-21(12-10-20)27-35(32,33)23-8-4-5-19(17-23)25(31)34-18-24(30)29-15-13-28(14-16-29)22-6-2-1-3-7-22/h1-12,17,27H,13-16,18H2. The maximum absolute atomic E-state index is 13.1. The Balaban J connectivity index is 1.32. The van der Waals surface area contributed by atoms with Gasteiger partial charge >= 0.3 is 5.97 Å². The minimum Gasteiger partial charge on any atom is -0.452 e. The highest BCUT2D eigenvalue weighted by Gasteiger charge is 2.23. The topological polar surface area (TPSA) is 96.0 Å². The number of nitrogens with zero attached hydrogens (tertiary/aromatic N) is 2. The third kappa shape index (κ3) is 6.15. The molecule has 1 amide bonds. The van der Waals surface area contributed by atoms with Gasteiger partial charge in [0.2, 0.25) is 0 Å². The summed E-state index contributed by atoms with van der Waals surface area (Å²) in [6.45, 7) is 1.92. The Labute approximate surface area is 203 Å². The molecule has 182 valence electrons. The number of esters is 1. The summed E-state index contributed by atoms with van der Waals surface area (Å²) in [6.07, 6.45) is 0. The second-order valence-electron chi connectivity index (χ2n) is 7.92. The molecule has 1 saturated heterocycles. The molecule has 0 spiro atoms. The van der Waals surface area contributed by atoms with Gasteiger partial charge in [-0.15, -0.1) is 0 Å². The number of halogens is 1. The lowest BCUT2D eigenvalue weighted by molar-refractivity contribution is -0.134. The molecule has 1 N–H and O–H groups in total. The van der Waals surface area contributed by atoms with Crippen LogP contribution >= 0.6 is 0 Å². The Morgan fingerprint density at radius 2 is 1.57 bits per heavy atom. The predicted molar refractivity (Wildman–Crippen MR) is 129 cm³/mol. The van der Waals surface area contributed by atoms with E-state index in [1.165, 1.54) is 30.3 Å². The molecule has 0 aromatic heterocycles. The van der Waals surface area contributed by atoms with Gasteiger partial charge in [-0.3, -0.25) is 9.52 Å². The molecule has 4 rings (SSSR count). The molecule has 3 aromatic rings. The summed E-state index contributed by atoms with van der Waals surface area (Å²) in [5, 5.41) is 0. The van der Waals surface area contributed by atoms with Gasteiger partial charge in [0.15, 0.2) is 6.61 Å². The van der Waals surface area contributed by atoms with E-state index < -0.39 is 28.4 Å². The zero-order valence-corrected chi connectivity index (χ0v) is 19.6. The van der Waals surface area contributed by atoms with Crippen LogP contribution in [0, 0.1) is 5.82 Å². The Morgan fingerprint density at radius 1 is 0.886 bits per heavy atom. The molecular weight excluding hydrogens is 473 g/mol. The summed E-state index contributed by atoms with van der Waals surface area (Å²) in [4.78, 5) is 28.7. The fraction of sp³-hybridized carbons (Fsp3) is 0.200. The van der Waals surface area contributed by atoms with E-state index in [0.717, 1.165) is 23.9 Å². The van der Waals surface area contributed by atoms with E-state index >= 15 is 0 Å². The number of nitrogens with one attached hydrogen (secondary N) is 1. The number of carbonyl (C=O) groups is 2.